The van der Waals surface area contributed by atoms with Gasteiger partial charge in [-0.3, -0.25) is 0 Å². The standard InChI is InChI=1S/C10H13ClO.CH2.2ClH.FH.Ti/c1-10(2,3)7-4-8(11)6-9(12)5-7;;;;;/h4-6,12H,1-3H3;1H2;3*1H;/q;;;;;+1/p-1. The molecule has 0 aromatic heterocycles. The molecule has 1 aromatic rings. The molecule has 0 bridgehead atoms. The van der Waals surface area contributed by atoms with Gasteiger partial charge in [0, 0.05) is 5.02 Å². The third-order valence-corrected chi connectivity index (χ3v) is 1.97. The quantitative estimate of drug-likeness (QED) is 0.687. The number of phenols is 1. The topological polar surface area (TPSA) is 20.2 Å². The first-order valence-electron chi connectivity index (χ1n) is 4.44. The molecule has 17 heavy (non-hydrogen) atoms. The summed E-state index contributed by atoms with van der Waals surface area (Å²) in [4.78, 5) is 2.94. The molecule has 0 unspecified atom stereocenters. The van der Waals surface area contributed by atoms with E-state index in [1.165, 1.54) is 6.07 Å². The molecule has 0 heterocycles. The van der Waals surface area contributed by atoms with Crippen LogP contribution in [0.2, 0.25) is 5.02 Å². The zero-order chi connectivity index (χ0) is 12.1. The van der Waals surface area contributed by atoms with E-state index in [9.17, 15) is 8.20 Å². The van der Waals surface area contributed by atoms with Crippen molar-refractivity contribution in [1.29, 1.82) is 0 Å². The Bertz CT molecular complexity index is 320. The van der Waals surface area contributed by atoms with Gasteiger partial charge in [0.25, 0.3) is 0 Å². The average Bonchev–Trinajstić information content (AvgIpc) is 2.01. The van der Waals surface area contributed by atoms with E-state index in [1.54, 1.807) is 6.07 Å². The van der Waals surface area contributed by atoms with Crippen LogP contribution in [-0.4, -0.2) is 9.92 Å². The maximum absolute atomic E-state index is 10.3. The second kappa shape index (κ2) is 10.3. The Balaban J connectivity index is -0.000000356. The van der Waals surface area contributed by atoms with Crippen molar-refractivity contribution in [2.75, 3.05) is 0 Å². The van der Waals surface area contributed by atoms with Crippen molar-refractivity contribution in [3.8, 4) is 5.75 Å². The summed E-state index contributed by atoms with van der Waals surface area (Å²) < 4.78 is 10.3. The Morgan fingerprint density at radius 2 is 1.65 bits per heavy atom. The number of hydrogen-bond donors (Lipinski definition) is 1. The van der Waals surface area contributed by atoms with Gasteiger partial charge in [-0.05, 0) is 29.2 Å². The van der Waals surface area contributed by atoms with Gasteiger partial charge in [0.1, 0.15) is 5.75 Å². The molecular weight excluding hydrogens is 321 g/mol. The maximum atomic E-state index is 10.3. The zero-order valence-corrected chi connectivity index (χ0v) is 13.9. The van der Waals surface area contributed by atoms with Gasteiger partial charge < -0.3 is 5.11 Å². The molecule has 0 aliphatic rings. The summed E-state index contributed by atoms with van der Waals surface area (Å²) in [5.74, 6) is 0.229. The normalized spacial score (nSPS) is 8.76. The summed E-state index contributed by atoms with van der Waals surface area (Å²) in [5.41, 5.74) is 1.08. The van der Waals surface area contributed by atoms with E-state index in [0.29, 0.717) is 5.02 Å². The van der Waals surface area contributed by atoms with Gasteiger partial charge in [0.15, 0.2) is 0 Å². The van der Waals surface area contributed by atoms with E-state index in [-0.39, 0.29) is 36.0 Å². The molecule has 1 N–H and O–H groups in total. The predicted molar refractivity (Wildman–Crippen MR) is 74.5 cm³/mol. The Kier molecular flexibility index (Phi) is 13.7. The number of rotatable bonds is 0. The zero-order valence-electron chi connectivity index (χ0n) is 9.96. The van der Waals surface area contributed by atoms with Gasteiger partial charge in [-0.1, -0.05) is 32.4 Å². The van der Waals surface area contributed by atoms with Gasteiger partial charge >= 0.3 is 27.1 Å². The van der Waals surface area contributed by atoms with Crippen molar-refractivity contribution in [1.82, 2.24) is 0 Å². The second-order valence-corrected chi connectivity index (χ2v) is 4.94. The third kappa shape index (κ3) is 10.0. The number of benzene rings is 1. The minimum absolute atomic E-state index is 0. The van der Waals surface area contributed by atoms with Crippen molar-refractivity contribution >= 4 is 41.2 Å². The summed E-state index contributed by atoms with van der Waals surface area (Å²) in [5, 5.41) is 9.86. The fraction of sp³-hybridized carbons (Fsp3) is 0.364. The molecule has 1 rings (SSSR count). The van der Waals surface area contributed by atoms with Crippen LogP contribution in [0.4, 0.5) is 3.09 Å². The number of hydrogen-bond acceptors (Lipinski definition) is 1. The molecule has 1 aromatic carbocycles. The first-order valence-corrected chi connectivity index (χ1v) is 6.51. The van der Waals surface area contributed by atoms with Gasteiger partial charge in [-0.25, -0.2) is 0 Å². The molecule has 0 aliphatic heterocycles. The number of aromatic hydroxyl groups is 1. The first-order chi connectivity index (χ1) is 6.81. The first kappa shape index (κ1) is 22.6. The fourth-order valence-corrected chi connectivity index (χ4v) is 1.24. The van der Waals surface area contributed by atoms with Crippen molar-refractivity contribution in [3.05, 3.63) is 28.8 Å². The summed E-state index contributed by atoms with van der Waals surface area (Å²) in [6, 6.07) is 5.16. The van der Waals surface area contributed by atoms with Gasteiger partial charge in [0.2, 0.25) is 0 Å². The number of phenolic OH excluding ortho intramolecular Hbond substituents is 1. The average molecular weight is 338 g/mol. The molecule has 0 fully saturated rings. The van der Waals surface area contributed by atoms with Crippen molar-refractivity contribution < 1.29 is 27.4 Å². The Morgan fingerprint density at radius 3 is 1.94 bits per heavy atom. The second-order valence-electron chi connectivity index (χ2n) is 4.08. The van der Waals surface area contributed by atoms with E-state index in [0.717, 1.165) is 5.56 Å². The van der Waals surface area contributed by atoms with E-state index >= 15 is 0 Å². The number of halogens is 4. The van der Waals surface area contributed by atoms with Gasteiger partial charge in [-0.2, -0.15) is 0 Å². The van der Waals surface area contributed by atoms with E-state index < -0.39 is 19.2 Å². The predicted octanol–water partition coefficient (Wildman–Crippen LogP) is 4.57. The molecule has 0 amide bonds. The minimum atomic E-state index is -1.25. The van der Waals surface area contributed by atoms with Crippen LogP contribution in [-0.2, 0) is 24.6 Å². The van der Waals surface area contributed by atoms with Crippen LogP contribution in [0, 0.1) is 0 Å². The van der Waals surface area contributed by atoms with Crippen LogP contribution in [0.25, 0.3) is 0 Å². The van der Waals surface area contributed by atoms with Crippen LogP contribution in [0.15, 0.2) is 18.2 Å². The van der Waals surface area contributed by atoms with Crippen LogP contribution >= 0.6 is 36.4 Å². The molecule has 0 saturated heterocycles. The van der Waals surface area contributed by atoms with Crippen molar-refractivity contribution in [3.63, 3.8) is 0 Å². The van der Waals surface area contributed by atoms with Gasteiger partial charge in [0.05, 0.1) is 0 Å². The molecule has 0 atom stereocenters. The summed E-state index contributed by atoms with van der Waals surface area (Å²) >= 11 is 4.55. The van der Waals surface area contributed by atoms with E-state index in [2.05, 4.69) is 25.6 Å². The summed E-state index contributed by atoms with van der Waals surface area (Å²) in [6.45, 7) is 6.24. The summed E-state index contributed by atoms with van der Waals surface area (Å²) in [6.07, 6.45) is 0. The molecule has 1 nitrogen and oxygen atoms in total. The molecule has 0 radical (unpaired) electrons. The van der Waals surface area contributed by atoms with Crippen LogP contribution in [0.3, 0.4) is 0 Å². The van der Waals surface area contributed by atoms with Crippen molar-refractivity contribution in [2.24, 2.45) is 0 Å². The molecule has 0 aliphatic carbocycles. The van der Waals surface area contributed by atoms with E-state index in [4.69, 9.17) is 11.6 Å². The molecule has 0 saturated carbocycles. The molecular formula is C11H17Cl3FOTi. The molecule has 0 spiro atoms. The van der Waals surface area contributed by atoms with Crippen molar-refractivity contribution in [2.45, 2.75) is 26.2 Å². The molecule has 6 heteroatoms. The summed E-state index contributed by atoms with van der Waals surface area (Å²) in [7, 11) is 0. The SMILES string of the molecule is CC(C)(C)c1cc(O)cc(Cl)c1.Cl.Cl.[CH2]=[Ti][F]. The Hall–Kier alpha value is 0.404. The van der Waals surface area contributed by atoms with E-state index in [1.807, 2.05) is 6.07 Å². The van der Waals surface area contributed by atoms with Crippen LogP contribution in [0.1, 0.15) is 26.3 Å². The Labute approximate surface area is 129 Å². The third-order valence-electron chi connectivity index (χ3n) is 1.75. The van der Waals surface area contributed by atoms with Gasteiger partial charge in [-0.15, -0.1) is 24.8 Å². The fourth-order valence-electron chi connectivity index (χ4n) is 1.01. The monoisotopic (exact) mass is 337 g/mol. The molecule has 99 valence electrons. The Morgan fingerprint density at radius 1 is 1.24 bits per heavy atom. The van der Waals surface area contributed by atoms with Crippen LogP contribution in [0.5, 0.6) is 5.75 Å². The van der Waals surface area contributed by atoms with Crippen LogP contribution < -0.4 is 0 Å².